The fraction of sp³-hybridized carbons (Fsp3) is 1.00. The molecule has 2 aliphatic rings. The van der Waals surface area contributed by atoms with E-state index in [1.807, 2.05) is 13.8 Å². The van der Waals surface area contributed by atoms with E-state index in [0.29, 0.717) is 6.04 Å². The number of rotatable bonds is 1. The number of hydrogen-bond donors (Lipinski definition) is 1. The van der Waals surface area contributed by atoms with Gasteiger partial charge in [-0.3, -0.25) is 9.80 Å². The first-order valence-electron chi connectivity index (χ1n) is 5.96. The summed E-state index contributed by atoms with van der Waals surface area (Å²) in [5, 5.41) is 3.42. The third-order valence-corrected chi connectivity index (χ3v) is 3.06. The molecule has 2 aliphatic heterocycles. The predicted octanol–water partition coefficient (Wildman–Crippen LogP) is 0.968. The Labute approximate surface area is 88.5 Å². The summed E-state index contributed by atoms with van der Waals surface area (Å²) in [6, 6.07) is 1.49. The molecule has 2 heterocycles. The van der Waals surface area contributed by atoms with Crippen LogP contribution in [0.1, 0.15) is 27.7 Å². The van der Waals surface area contributed by atoms with Gasteiger partial charge in [-0.2, -0.15) is 0 Å². The van der Waals surface area contributed by atoms with Crippen molar-refractivity contribution >= 4 is 0 Å². The molecule has 0 amide bonds. The number of nitrogens with zero attached hydrogens (tertiary/aromatic N) is 2. The van der Waals surface area contributed by atoms with Gasteiger partial charge in [-0.05, 0) is 13.8 Å². The van der Waals surface area contributed by atoms with Crippen molar-refractivity contribution < 1.29 is 0 Å². The molecule has 3 heteroatoms. The lowest BCUT2D eigenvalue weighted by Crippen LogP contribution is -2.52. The number of hydrogen-bond acceptors (Lipinski definition) is 3. The Morgan fingerprint density at radius 3 is 2.57 bits per heavy atom. The van der Waals surface area contributed by atoms with E-state index in [1.165, 1.54) is 26.2 Å². The molecular weight excluding hydrogens is 174 g/mol. The minimum atomic E-state index is 0.716. The van der Waals surface area contributed by atoms with Crippen LogP contribution in [-0.2, 0) is 0 Å². The van der Waals surface area contributed by atoms with Crippen LogP contribution in [0.2, 0.25) is 0 Å². The van der Waals surface area contributed by atoms with Crippen molar-refractivity contribution in [1.82, 2.24) is 15.1 Å². The van der Waals surface area contributed by atoms with Crippen LogP contribution in [0.3, 0.4) is 0 Å². The second-order valence-electron chi connectivity index (χ2n) is 4.17. The first-order valence-corrected chi connectivity index (χ1v) is 5.96. The van der Waals surface area contributed by atoms with Crippen LogP contribution in [0.4, 0.5) is 0 Å². The zero-order chi connectivity index (χ0) is 10.6. The SMILES string of the molecule is CC.CC(C)N1CCN2CNCC2C1. The van der Waals surface area contributed by atoms with E-state index in [9.17, 15) is 0 Å². The van der Waals surface area contributed by atoms with E-state index in [2.05, 4.69) is 29.0 Å². The number of piperazine rings is 1. The molecule has 0 aromatic heterocycles. The summed E-state index contributed by atoms with van der Waals surface area (Å²) < 4.78 is 0. The predicted molar refractivity (Wildman–Crippen MR) is 61.4 cm³/mol. The zero-order valence-corrected chi connectivity index (χ0v) is 10.1. The van der Waals surface area contributed by atoms with Gasteiger partial charge < -0.3 is 5.32 Å². The number of nitrogens with one attached hydrogen (secondary N) is 1. The molecule has 0 bridgehead atoms. The fourth-order valence-corrected chi connectivity index (χ4v) is 2.16. The molecule has 3 nitrogen and oxygen atoms in total. The summed E-state index contributed by atoms with van der Waals surface area (Å²) in [5.41, 5.74) is 0. The highest BCUT2D eigenvalue weighted by molar-refractivity contribution is 4.88. The molecule has 14 heavy (non-hydrogen) atoms. The summed E-state index contributed by atoms with van der Waals surface area (Å²) in [6.45, 7) is 14.6. The highest BCUT2D eigenvalue weighted by Gasteiger charge is 2.30. The van der Waals surface area contributed by atoms with Crippen LogP contribution >= 0.6 is 0 Å². The summed E-state index contributed by atoms with van der Waals surface area (Å²) in [6.07, 6.45) is 0. The average Bonchev–Trinajstić information content (AvgIpc) is 2.67. The van der Waals surface area contributed by atoms with Crippen LogP contribution in [-0.4, -0.2) is 54.7 Å². The Kier molecular flexibility index (Phi) is 4.85. The molecule has 1 N–H and O–H groups in total. The smallest absolute Gasteiger partial charge is 0.0485 e. The van der Waals surface area contributed by atoms with Gasteiger partial charge in [-0.25, -0.2) is 0 Å². The van der Waals surface area contributed by atoms with Crippen molar-refractivity contribution in [3.63, 3.8) is 0 Å². The van der Waals surface area contributed by atoms with Gasteiger partial charge in [0, 0.05) is 44.9 Å². The first kappa shape index (κ1) is 12.0. The van der Waals surface area contributed by atoms with Crippen molar-refractivity contribution in [2.75, 3.05) is 32.8 Å². The Morgan fingerprint density at radius 1 is 1.21 bits per heavy atom. The highest BCUT2D eigenvalue weighted by atomic mass is 15.4. The van der Waals surface area contributed by atoms with Crippen LogP contribution in [0.25, 0.3) is 0 Å². The fourth-order valence-electron chi connectivity index (χ4n) is 2.16. The van der Waals surface area contributed by atoms with Gasteiger partial charge in [-0.1, -0.05) is 13.8 Å². The number of fused-ring (bicyclic) bond motifs is 1. The molecule has 1 atom stereocenters. The van der Waals surface area contributed by atoms with Crippen LogP contribution in [0, 0.1) is 0 Å². The quantitative estimate of drug-likeness (QED) is 0.679. The van der Waals surface area contributed by atoms with Gasteiger partial charge >= 0.3 is 0 Å². The van der Waals surface area contributed by atoms with Crippen molar-refractivity contribution in [2.45, 2.75) is 39.8 Å². The maximum atomic E-state index is 3.42. The first-order chi connectivity index (χ1) is 6.77. The van der Waals surface area contributed by atoms with E-state index in [-0.39, 0.29) is 0 Å². The molecule has 0 spiro atoms. The van der Waals surface area contributed by atoms with Crippen LogP contribution in [0.15, 0.2) is 0 Å². The maximum absolute atomic E-state index is 3.42. The molecule has 2 rings (SSSR count). The van der Waals surface area contributed by atoms with E-state index < -0.39 is 0 Å². The second kappa shape index (κ2) is 5.69. The maximum Gasteiger partial charge on any atom is 0.0485 e. The molecule has 84 valence electrons. The van der Waals surface area contributed by atoms with Gasteiger partial charge in [0.2, 0.25) is 0 Å². The topological polar surface area (TPSA) is 18.5 Å². The Bertz CT molecular complexity index is 159. The lowest BCUT2D eigenvalue weighted by atomic mass is 10.1. The van der Waals surface area contributed by atoms with Gasteiger partial charge in [0.25, 0.3) is 0 Å². The summed E-state index contributed by atoms with van der Waals surface area (Å²) in [7, 11) is 0. The Morgan fingerprint density at radius 2 is 1.93 bits per heavy atom. The minimum absolute atomic E-state index is 0.716. The second-order valence-corrected chi connectivity index (χ2v) is 4.17. The molecule has 2 fully saturated rings. The molecule has 0 saturated carbocycles. The van der Waals surface area contributed by atoms with Gasteiger partial charge in [0.1, 0.15) is 0 Å². The van der Waals surface area contributed by atoms with E-state index >= 15 is 0 Å². The van der Waals surface area contributed by atoms with Crippen molar-refractivity contribution in [3.05, 3.63) is 0 Å². The van der Waals surface area contributed by atoms with E-state index in [0.717, 1.165) is 12.7 Å². The summed E-state index contributed by atoms with van der Waals surface area (Å²) in [5.74, 6) is 0. The third-order valence-electron chi connectivity index (χ3n) is 3.06. The summed E-state index contributed by atoms with van der Waals surface area (Å²) >= 11 is 0. The molecule has 1 unspecified atom stereocenters. The monoisotopic (exact) mass is 199 g/mol. The van der Waals surface area contributed by atoms with Gasteiger partial charge in [0.15, 0.2) is 0 Å². The average molecular weight is 199 g/mol. The Balaban J connectivity index is 0.000000461. The standard InChI is InChI=1S/C9H19N3.C2H6/c1-8(2)11-3-4-12-7-10-5-9(12)6-11;1-2/h8-10H,3-7H2,1-2H3;1-2H3. The third kappa shape index (κ3) is 2.69. The van der Waals surface area contributed by atoms with Crippen LogP contribution in [0.5, 0.6) is 0 Å². The van der Waals surface area contributed by atoms with Gasteiger partial charge in [0.05, 0.1) is 0 Å². The zero-order valence-electron chi connectivity index (χ0n) is 10.1. The molecule has 0 aromatic rings. The van der Waals surface area contributed by atoms with Gasteiger partial charge in [-0.15, -0.1) is 0 Å². The highest BCUT2D eigenvalue weighted by Crippen LogP contribution is 2.13. The van der Waals surface area contributed by atoms with Crippen LogP contribution < -0.4 is 5.32 Å². The largest absolute Gasteiger partial charge is 0.303 e. The van der Waals surface area contributed by atoms with Crippen molar-refractivity contribution in [1.29, 1.82) is 0 Å². The van der Waals surface area contributed by atoms with E-state index in [4.69, 9.17) is 0 Å². The molecule has 0 aliphatic carbocycles. The summed E-state index contributed by atoms with van der Waals surface area (Å²) in [4.78, 5) is 5.13. The normalized spacial score (nSPS) is 28.5. The molecule has 0 radical (unpaired) electrons. The molecular formula is C11H25N3. The minimum Gasteiger partial charge on any atom is -0.303 e. The van der Waals surface area contributed by atoms with Crippen molar-refractivity contribution in [2.24, 2.45) is 0 Å². The Hall–Kier alpha value is -0.120. The lowest BCUT2D eigenvalue weighted by Gasteiger charge is -2.38. The van der Waals surface area contributed by atoms with Crippen molar-refractivity contribution in [3.8, 4) is 0 Å². The van der Waals surface area contributed by atoms with E-state index in [1.54, 1.807) is 0 Å². The molecule has 0 aromatic carbocycles. The lowest BCUT2D eigenvalue weighted by molar-refractivity contribution is 0.0863. The molecule has 2 saturated heterocycles.